The second-order valence-electron chi connectivity index (χ2n) is 6.98. The number of hydrogen-bond donors (Lipinski definition) is 0. The Hall–Kier alpha value is -2.22. The van der Waals surface area contributed by atoms with Crippen LogP contribution in [-0.4, -0.2) is 68.9 Å². The van der Waals surface area contributed by atoms with Gasteiger partial charge in [-0.3, -0.25) is 4.90 Å². The summed E-state index contributed by atoms with van der Waals surface area (Å²) in [7, 11) is 1.99. The molecule has 8 nitrogen and oxygen atoms in total. The van der Waals surface area contributed by atoms with E-state index in [4.69, 9.17) is 4.98 Å². The van der Waals surface area contributed by atoms with Crippen molar-refractivity contribution in [3.63, 3.8) is 0 Å². The van der Waals surface area contributed by atoms with Gasteiger partial charge in [0.05, 0.1) is 6.54 Å². The van der Waals surface area contributed by atoms with Gasteiger partial charge in [0.15, 0.2) is 0 Å². The zero-order valence-electron chi connectivity index (χ0n) is 15.1. The van der Waals surface area contributed by atoms with Crippen LogP contribution in [0.4, 0.5) is 11.8 Å². The normalized spacial score (nSPS) is 19.0. The molecule has 0 N–H and O–H groups in total. The molecule has 0 saturated carbocycles. The van der Waals surface area contributed by atoms with Crippen LogP contribution in [0.15, 0.2) is 12.4 Å². The Morgan fingerprint density at radius 2 is 1.72 bits per heavy atom. The maximum absolute atomic E-state index is 4.85. The average molecular weight is 342 g/mol. The second-order valence-corrected chi connectivity index (χ2v) is 6.98. The molecule has 2 saturated heterocycles. The summed E-state index contributed by atoms with van der Waals surface area (Å²) in [6.07, 6.45) is 4.28. The number of nitrogens with zero attached hydrogens (tertiary/aromatic N) is 8. The molecule has 0 radical (unpaired) electrons. The van der Waals surface area contributed by atoms with Crippen molar-refractivity contribution in [2.75, 3.05) is 49.1 Å². The topological polar surface area (TPSA) is 66.2 Å². The molecule has 2 fully saturated rings. The fourth-order valence-corrected chi connectivity index (χ4v) is 3.54. The first kappa shape index (κ1) is 16.3. The Bertz CT molecular complexity index is 713. The fourth-order valence-electron chi connectivity index (χ4n) is 3.54. The third-order valence-electron chi connectivity index (χ3n) is 5.08. The summed E-state index contributed by atoms with van der Waals surface area (Å²) in [5.74, 6) is 2.97. The van der Waals surface area contributed by atoms with Crippen LogP contribution in [0, 0.1) is 6.92 Å². The maximum Gasteiger partial charge on any atom is 0.227 e. The van der Waals surface area contributed by atoms with Crippen molar-refractivity contribution < 1.29 is 0 Å². The summed E-state index contributed by atoms with van der Waals surface area (Å²) in [6, 6.07) is 2.11. The van der Waals surface area contributed by atoms with Crippen LogP contribution in [0.1, 0.15) is 24.4 Å². The zero-order valence-corrected chi connectivity index (χ0v) is 15.1. The Morgan fingerprint density at radius 1 is 0.960 bits per heavy atom. The molecule has 2 aromatic heterocycles. The molecule has 0 bridgehead atoms. The van der Waals surface area contributed by atoms with Gasteiger partial charge in [0.2, 0.25) is 5.95 Å². The van der Waals surface area contributed by atoms with Gasteiger partial charge in [-0.15, -0.1) is 10.2 Å². The van der Waals surface area contributed by atoms with Gasteiger partial charge in [-0.1, -0.05) is 0 Å². The van der Waals surface area contributed by atoms with Crippen molar-refractivity contribution in [1.82, 2.24) is 29.6 Å². The highest BCUT2D eigenvalue weighted by Gasteiger charge is 2.22. The number of rotatable bonds is 4. The van der Waals surface area contributed by atoms with E-state index in [1.165, 1.54) is 12.8 Å². The predicted molar refractivity (Wildman–Crippen MR) is 96.7 cm³/mol. The standard InChI is InChI=1S/C17H26N8/c1-14-11-15(24-5-3-4-6-24)20-17(19-14)25-9-7-23(8-10-25)12-16-21-18-13-22(16)2/h11,13H,3-10,12H2,1-2H3. The molecule has 2 aromatic rings. The van der Waals surface area contributed by atoms with Gasteiger partial charge in [0, 0.05) is 58.1 Å². The van der Waals surface area contributed by atoms with Gasteiger partial charge in [-0.2, -0.15) is 4.98 Å². The molecule has 4 heterocycles. The number of aryl methyl sites for hydroxylation is 2. The van der Waals surface area contributed by atoms with Crippen LogP contribution in [0.5, 0.6) is 0 Å². The Kier molecular flexibility index (Phi) is 4.52. The van der Waals surface area contributed by atoms with E-state index in [2.05, 4.69) is 42.9 Å². The smallest absolute Gasteiger partial charge is 0.227 e. The lowest BCUT2D eigenvalue weighted by Crippen LogP contribution is -2.47. The zero-order chi connectivity index (χ0) is 17.2. The predicted octanol–water partition coefficient (Wildman–Crippen LogP) is 0.836. The first-order valence-corrected chi connectivity index (χ1v) is 9.10. The fraction of sp³-hybridized carbons (Fsp3) is 0.647. The summed E-state index contributed by atoms with van der Waals surface area (Å²) in [4.78, 5) is 16.6. The van der Waals surface area contributed by atoms with E-state index in [1.54, 1.807) is 6.33 Å². The molecule has 0 aliphatic carbocycles. The minimum absolute atomic E-state index is 0.845. The van der Waals surface area contributed by atoms with Crippen molar-refractivity contribution in [2.45, 2.75) is 26.3 Å². The molecule has 134 valence electrons. The third-order valence-corrected chi connectivity index (χ3v) is 5.08. The van der Waals surface area contributed by atoms with Crippen molar-refractivity contribution in [3.8, 4) is 0 Å². The van der Waals surface area contributed by atoms with E-state index in [1.807, 2.05) is 11.6 Å². The molecule has 0 aromatic carbocycles. The first-order valence-electron chi connectivity index (χ1n) is 9.10. The van der Waals surface area contributed by atoms with Crippen LogP contribution < -0.4 is 9.80 Å². The van der Waals surface area contributed by atoms with Gasteiger partial charge in [0.25, 0.3) is 0 Å². The summed E-state index contributed by atoms with van der Waals surface area (Å²) in [5.41, 5.74) is 1.05. The number of piperazine rings is 1. The summed E-state index contributed by atoms with van der Waals surface area (Å²) >= 11 is 0. The molecular weight excluding hydrogens is 316 g/mol. The van der Waals surface area contributed by atoms with E-state index in [9.17, 15) is 0 Å². The third kappa shape index (κ3) is 3.58. The van der Waals surface area contributed by atoms with Crippen molar-refractivity contribution in [3.05, 3.63) is 23.9 Å². The van der Waals surface area contributed by atoms with Crippen LogP contribution in [0.3, 0.4) is 0 Å². The van der Waals surface area contributed by atoms with Crippen LogP contribution in [0.25, 0.3) is 0 Å². The minimum atomic E-state index is 0.845. The van der Waals surface area contributed by atoms with Gasteiger partial charge in [-0.05, 0) is 19.8 Å². The highest BCUT2D eigenvalue weighted by Crippen LogP contribution is 2.22. The number of hydrogen-bond acceptors (Lipinski definition) is 7. The van der Waals surface area contributed by atoms with E-state index in [-0.39, 0.29) is 0 Å². The molecular formula is C17H26N8. The quantitative estimate of drug-likeness (QED) is 0.815. The Labute approximate surface area is 148 Å². The Morgan fingerprint density at radius 3 is 2.40 bits per heavy atom. The molecule has 0 spiro atoms. The Balaban J connectivity index is 1.41. The molecule has 0 atom stereocenters. The first-order chi connectivity index (χ1) is 12.2. The second kappa shape index (κ2) is 6.95. The lowest BCUT2D eigenvalue weighted by atomic mass is 10.3. The van der Waals surface area contributed by atoms with Crippen LogP contribution in [0.2, 0.25) is 0 Å². The van der Waals surface area contributed by atoms with Gasteiger partial charge in [-0.25, -0.2) is 4.98 Å². The average Bonchev–Trinajstić information content (AvgIpc) is 3.28. The maximum atomic E-state index is 4.85. The summed E-state index contributed by atoms with van der Waals surface area (Å²) in [5, 5.41) is 8.14. The van der Waals surface area contributed by atoms with Crippen LogP contribution >= 0.6 is 0 Å². The largest absolute Gasteiger partial charge is 0.356 e. The van der Waals surface area contributed by atoms with Crippen LogP contribution in [-0.2, 0) is 13.6 Å². The summed E-state index contributed by atoms with van der Waals surface area (Å²) in [6.45, 7) is 9.00. The molecule has 25 heavy (non-hydrogen) atoms. The SMILES string of the molecule is Cc1cc(N2CCCC2)nc(N2CCN(Cc3nncn3C)CC2)n1. The molecule has 8 heteroatoms. The van der Waals surface area contributed by atoms with Gasteiger partial charge >= 0.3 is 0 Å². The van der Waals surface area contributed by atoms with E-state index < -0.39 is 0 Å². The molecule has 2 aliphatic rings. The number of aromatic nitrogens is 5. The van der Waals surface area contributed by atoms with Crippen molar-refractivity contribution in [2.24, 2.45) is 7.05 Å². The van der Waals surface area contributed by atoms with Gasteiger partial charge in [0.1, 0.15) is 18.0 Å². The molecule has 0 amide bonds. The van der Waals surface area contributed by atoms with E-state index in [0.717, 1.165) is 69.1 Å². The molecule has 0 unspecified atom stereocenters. The lowest BCUT2D eigenvalue weighted by Gasteiger charge is -2.34. The minimum Gasteiger partial charge on any atom is -0.356 e. The van der Waals surface area contributed by atoms with Crippen molar-refractivity contribution in [1.29, 1.82) is 0 Å². The molecule has 2 aliphatic heterocycles. The number of anilines is 2. The highest BCUT2D eigenvalue weighted by molar-refractivity contribution is 5.46. The van der Waals surface area contributed by atoms with Crippen molar-refractivity contribution >= 4 is 11.8 Å². The monoisotopic (exact) mass is 342 g/mol. The molecule has 4 rings (SSSR count). The van der Waals surface area contributed by atoms with E-state index in [0.29, 0.717) is 0 Å². The van der Waals surface area contributed by atoms with Gasteiger partial charge < -0.3 is 14.4 Å². The highest BCUT2D eigenvalue weighted by atomic mass is 15.4. The van der Waals surface area contributed by atoms with E-state index >= 15 is 0 Å². The lowest BCUT2D eigenvalue weighted by molar-refractivity contribution is 0.240. The summed E-state index contributed by atoms with van der Waals surface area (Å²) < 4.78 is 1.98.